The summed E-state index contributed by atoms with van der Waals surface area (Å²) < 4.78 is 5.84. The number of hydrogen-bond donors (Lipinski definition) is 2. The summed E-state index contributed by atoms with van der Waals surface area (Å²) in [7, 11) is 0. The fourth-order valence-corrected chi connectivity index (χ4v) is 5.19. The lowest BCUT2D eigenvalue weighted by Gasteiger charge is -2.21. The number of esters is 1. The summed E-state index contributed by atoms with van der Waals surface area (Å²) in [4.78, 5) is 27.8. The smallest absolute Gasteiger partial charge is 0.340 e. The van der Waals surface area contributed by atoms with Crippen LogP contribution in [0.2, 0.25) is 0 Å². The molecule has 152 valence electrons. The van der Waals surface area contributed by atoms with Crippen molar-refractivity contribution < 1.29 is 14.3 Å². The number of Topliss-reactive ketones (excluding diaryl/α,β-unsaturated/α-hetero) is 1. The van der Waals surface area contributed by atoms with E-state index in [1.807, 2.05) is 0 Å². The van der Waals surface area contributed by atoms with E-state index in [0.717, 1.165) is 9.47 Å². The monoisotopic (exact) mass is 422 g/mol. The van der Waals surface area contributed by atoms with Gasteiger partial charge in [-0.05, 0) is 39.2 Å². The van der Waals surface area contributed by atoms with E-state index < -0.39 is 5.97 Å². The number of anilines is 1. The summed E-state index contributed by atoms with van der Waals surface area (Å²) in [5.41, 5.74) is 2.20. The third-order valence-electron chi connectivity index (χ3n) is 4.86. The molecule has 1 fully saturated rings. The first-order chi connectivity index (χ1) is 13.5. The van der Waals surface area contributed by atoms with Crippen LogP contribution >= 0.6 is 23.1 Å². The molecule has 1 aliphatic rings. The van der Waals surface area contributed by atoms with Crippen molar-refractivity contribution in [1.29, 1.82) is 0 Å². The Kier molecular flexibility index (Phi) is 7.12. The first-order valence-corrected chi connectivity index (χ1v) is 11.4. The second kappa shape index (κ2) is 9.56. The number of H-pyrrole nitrogens is 1. The minimum absolute atomic E-state index is 0.0712. The van der Waals surface area contributed by atoms with Gasteiger partial charge in [-0.1, -0.05) is 42.4 Å². The van der Waals surface area contributed by atoms with Crippen molar-refractivity contribution in [2.75, 3.05) is 17.7 Å². The predicted molar refractivity (Wildman–Crippen MR) is 112 cm³/mol. The number of aromatic nitrogens is 3. The summed E-state index contributed by atoms with van der Waals surface area (Å²) in [5.74, 6) is -0.234. The number of nitrogens with one attached hydrogen (secondary N) is 2. The Morgan fingerprint density at radius 1 is 1.25 bits per heavy atom. The molecule has 7 nitrogen and oxygen atoms in total. The van der Waals surface area contributed by atoms with E-state index in [9.17, 15) is 9.59 Å². The van der Waals surface area contributed by atoms with Gasteiger partial charge >= 0.3 is 5.97 Å². The Morgan fingerprint density at radius 2 is 2.00 bits per heavy atom. The zero-order valence-electron chi connectivity index (χ0n) is 16.5. The van der Waals surface area contributed by atoms with Gasteiger partial charge in [0.2, 0.25) is 5.13 Å². The Balaban J connectivity index is 1.58. The van der Waals surface area contributed by atoms with Crippen molar-refractivity contribution in [2.24, 2.45) is 0 Å². The molecule has 1 saturated carbocycles. The van der Waals surface area contributed by atoms with E-state index in [0.29, 0.717) is 35.2 Å². The van der Waals surface area contributed by atoms with Crippen LogP contribution in [0.4, 0.5) is 5.13 Å². The number of nitrogens with zero attached hydrogens (tertiary/aromatic N) is 2. The maximum Gasteiger partial charge on any atom is 0.340 e. The quantitative estimate of drug-likeness (QED) is 0.370. The van der Waals surface area contributed by atoms with Crippen LogP contribution in [0.5, 0.6) is 0 Å². The highest BCUT2D eigenvalue weighted by atomic mass is 32.2. The van der Waals surface area contributed by atoms with Gasteiger partial charge in [0.1, 0.15) is 0 Å². The lowest BCUT2D eigenvalue weighted by atomic mass is 9.96. The molecule has 0 bridgehead atoms. The van der Waals surface area contributed by atoms with Gasteiger partial charge in [0.05, 0.1) is 23.6 Å². The Bertz CT molecular complexity index is 840. The number of hydrogen-bond acceptors (Lipinski definition) is 8. The fraction of sp³-hybridized carbons (Fsp3) is 0.579. The molecule has 0 aromatic carbocycles. The van der Waals surface area contributed by atoms with Gasteiger partial charge in [-0.15, -0.1) is 10.2 Å². The number of thioether (sulfide) groups is 1. The predicted octanol–water partition coefficient (Wildman–Crippen LogP) is 4.38. The van der Waals surface area contributed by atoms with Crippen LogP contribution in [0.3, 0.4) is 0 Å². The molecular formula is C19H26N4O3S2. The second-order valence-corrected chi connectivity index (χ2v) is 9.11. The van der Waals surface area contributed by atoms with Crippen molar-refractivity contribution in [3.05, 3.63) is 22.5 Å². The van der Waals surface area contributed by atoms with Crippen LogP contribution in [-0.2, 0) is 4.74 Å². The molecule has 28 heavy (non-hydrogen) atoms. The van der Waals surface area contributed by atoms with Crippen molar-refractivity contribution in [3.63, 3.8) is 0 Å². The number of ether oxygens (including phenoxy) is 1. The van der Waals surface area contributed by atoms with E-state index in [1.165, 1.54) is 55.2 Å². The summed E-state index contributed by atoms with van der Waals surface area (Å²) in [6.45, 7) is 5.61. The molecule has 0 aliphatic heterocycles. The zero-order valence-corrected chi connectivity index (χ0v) is 18.1. The molecule has 0 saturated heterocycles. The minimum Gasteiger partial charge on any atom is -0.462 e. The molecule has 2 heterocycles. The highest BCUT2D eigenvalue weighted by Gasteiger charge is 2.23. The number of rotatable bonds is 8. The van der Waals surface area contributed by atoms with Crippen LogP contribution in [0.1, 0.15) is 71.1 Å². The van der Waals surface area contributed by atoms with Gasteiger partial charge in [-0.3, -0.25) is 4.79 Å². The summed E-state index contributed by atoms with van der Waals surface area (Å²) in [6, 6.07) is 0.479. The Morgan fingerprint density at radius 3 is 2.71 bits per heavy atom. The average molecular weight is 423 g/mol. The van der Waals surface area contributed by atoms with Gasteiger partial charge in [-0.2, -0.15) is 0 Å². The van der Waals surface area contributed by atoms with E-state index in [1.54, 1.807) is 20.8 Å². The molecule has 0 spiro atoms. The second-order valence-electron chi connectivity index (χ2n) is 6.91. The standard InChI is InChI=1S/C19H26N4O3S2/c1-4-26-17(25)15-11(2)16(20-12(15)3)14(24)10-27-19-23-22-18(28-19)21-13-8-6-5-7-9-13/h13,20H,4-10H2,1-3H3,(H,21,22). The average Bonchev–Trinajstić information content (AvgIpc) is 3.24. The molecule has 0 radical (unpaired) electrons. The normalized spacial score (nSPS) is 14.8. The number of ketones is 1. The number of aromatic amines is 1. The van der Waals surface area contributed by atoms with Gasteiger partial charge in [0, 0.05) is 11.7 Å². The van der Waals surface area contributed by atoms with E-state index in [2.05, 4.69) is 20.5 Å². The fourth-order valence-electron chi connectivity index (χ4n) is 3.49. The molecular weight excluding hydrogens is 396 g/mol. The Hall–Kier alpha value is -1.87. The molecule has 0 unspecified atom stereocenters. The highest BCUT2D eigenvalue weighted by Crippen LogP contribution is 2.29. The van der Waals surface area contributed by atoms with E-state index in [4.69, 9.17) is 4.74 Å². The molecule has 2 aromatic rings. The molecule has 1 aliphatic carbocycles. The lowest BCUT2D eigenvalue weighted by Crippen LogP contribution is -2.21. The molecule has 0 atom stereocenters. The zero-order chi connectivity index (χ0) is 20.1. The lowest BCUT2D eigenvalue weighted by molar-refractivity contribution is 0.0525. The maximum absolute atomic E-state index is 12.6. The van der Waals surface area contributed by atoms with Crippen molar-refractivity contribution >= 4 is 40.0 Å². The molecule has 3 rings (SSSR count). The van der Waals surface area contributed by atoms with Crippen molar-refractivity contribution in [1.82, 2.24) is 15.2 Å². The van der Waals surface area contributed by atoms with Crippen LogP contribution in [-0.4, -0.2) is 45.3 Å². The first kappa shape index (κ1) is 20.9. The SMILES string of the molecule is CCOC(=O)c1c(C)[nH]c(C(=O)CSc2nnc(NC3CCCCC3)s2)c1C. The van der Waals surface area contributed by atoms with Crippen LogP contribution in [0.25, 0.3) is 0 Å². The van der Waals surface area contributed by atoms with E-state index >= 15 is 0 Å². The molecule has 0 amide bonds. The van der Waals surface area contributed by atoms with Crippen molar-refractivity contribution in [3.8, 4) is 0 Å². The third-order valence-corrected chi connectivity index (χ3v) is 6.85. The summed E-state index contributed by atoms with van der Waals surface area (Å²) in [5, 5.41) is 12.6. The maximum atomic E-state index is 12.6. The largest absolute Gasteiger partial charge is 0.462 e. The summed E-state index contributed by atoms with van der Waals surface area (Å²) >= 11 is 2.85. The minimum atomic E-state index is -0.400. The molecule has 2 N–H and O–H groups in total. The molecule has 9 heteroatoms. The van der Waals surface area contributed by atoms with Crippen LogP contribution in [0.15, 0.2) is 4.34 Å². The Labute approximate surface area is 173 Å². The molecule has 2 aromatic heterocycles. The van der Waals surface area contributed by atoms with Gasteiger partial charge in [0.15, 0.2) is 10.1 Å². The first-order valence-electron chi connectivity index (χ1n) is 9.62. The van der Waals surface area contributed by atoms with Crippen molar-refractivity contribution in [2.45, 2.75) is 63.3 Å². The van der Waals surface area contributed by atoms with Gasteiger partial charge in [0.25, 0.3) is 0 Å². The summed E-state index contributed by atoms with van der Waals surface area (Å²) in [6.07, 6.45) is 6.18. The number of carbonyl (C=O) groups excluding carboxylic acids is 2. The van der Waals surface area contributed by atoms with Crippen LogP contribution in [0, 0.1) is 13.8 Å². The number of aryl methyl sites for hydroxylation is 1. The highest BCUT2D eigenvalue weighted by molar-refractivity contribution is 8.01. The van der Waals surface area contributed by atoms with Gasteiger partial charge in [-0.25, -0.2) is 4.79 Å². The topological polar surface area (TPSA) is 97.0 Å². The van der Waals surface area contributed by atoms with Crippen LogP contribution < -0.4 is 5.32 Å². The third kappa shape index (κ3) is 4.94. The number of carbonyl (C=O) groups is 2. The van der Waals surface area contributed by atoms with E-state index in [-0.39, 0.29) is 11.5 Å². The van der Waals surface area contributed by atoms with Gasteiger partial charge < -0.3 is 15.0 Å².